The Morgan fingerprint density at radius 1 is 1.44 bits per heavy atom. The minimum absolute atomic E-state index is 0.215. The summed E-state index contributed by atoms with van der Waals surface area (Å²) in [6.07, 6.45) is 0. The van der Waals surface area contributed by atoms with Crippen molar-refractivity contribution in [3.05, 3.63) is 29.3 Å². The van der Waals surface area contributed by atoms with Gasteiger partial charge in [0.05, 0.1) is 0 Å². The van der Waals surface area contributed by atoms with Crippen LogP contribution in [0.3, 0.4) is 0 Å². The molecule has 18 heavy (non-hydrogen) atoms. The normalized spacial score (nSPS) is 11.1. The van der Waals surface area contributed by atoms with Gasteiger partial charge in [0.25, 0.3) is 5.91 Å². The quantitative estimate of drug-likeness (QED) is 0.818. The average Bonchev–Trinajstić information content (AvgIpc) is 2.31. The lowest BCUT2D eigenvalue weighted by Crippen LogP contribution is -2.39. The van der Waals surface area contributed by atoms with Crippen LogP contribution in [0.25, 0.3) is 0 Å². The number of methoxy groups -OCH3 is 1. The summed E-state index contributed by atoms with van der Waals surface area (Å²) >= 11 is 4.92. The molecule has 98 valence electrons. The lowest BCUT2D eigenvalue weighted by atomic mass is 10.1. The Balaban J connectivity index is 3.01. The molecule has 0 heterocycles. The van der Waals surface area contributed by atoms with E-state index in [4.69, 9.17) is 22.7 Å². The molecule has 1 aromatic rings. The molecule has 0 spiro atoms. The van der Waals surface area contributed by atoms with Crippen LogP contribution in [0.4, 0.5) is 5.69 Å². The number of rotatable bonds is 4. The highest BCUT2D eigenvalue weighted by Crippen LogP contribution is 2.19. The maximum Gasteiger partial charge on any atom is 0.256 e. The number of aryl methyl sites for hydroxylation is 1. The first-order valence-corrected chi connectivity index (χ1v) is 5.96. The molecule has 0 aliphatic carbocycles. The molecule has 0 bridgehead atoms. The topological polar surface area (TPSA) is 64.3 Å². The number of amides is 1. The van der Waals surface area contributed by atoms with E-state index in [0.29, 0.717) is 10.7 Å². The fourth-order valence-electron chi connectivity index (χ4n) is 1.28. The van der Waals surface area contributed by atoms with Crippen LogP contribution in [0, 0.1) is 6.92 Å². The van der Waals surface area contributed by atoms with Crippen LogP contribution in [-0.4, -0.2) is 23.6 Å². The molecule has 1 aromatic carbocycles. The van der Waals surface area contributed by atoms with Gasteiger partial charge in [-0.3, -0.25) is 4.79 Å². The van der Waals surface area contributed by atoms with Crippen LogP contribution < -0.4 is 11.1 Å². The number of hydrogen-bond donors (Lipinski definition) is 2. The third-order valence-corrected chi connectivity index (χ3v) is 3.06. The minimum atomic E-state index is -0.883. The standard InChI is InChI=1S/C13H18N2O2S/c1-8-5-6-9(11(14)18)7-10(8)15-12(16)13(2,3)17-4/h5-7H,1-4H3,(H2,14,18)(H,15,16). The van der Waals surface area contributed by atoms with Crippen molar-refractivity contribution >= 4 is 28.8 Å². The summed E-state index contributed by atoms with van der Waals surface area (Å²) in [5.41, 5.74) is 7.04. The van der Waals surface area contributed by atoms with E-state index < -0.39 is 5.60 Å². The fourth-order valence-corrected chi connectivity index (χ4v) is 1.40. The summed E-state index contributed by atoms with van der Waals surface area (Å²) in [4.78, 5) is 12.3. The van der Waals surface area contributed by atoms with E-state index in [9.17, 15) is 4.79 Å². The molecule has 0 unspecified atom stereocenters. The number of benzene rings is 1. The van der Waals surface area contributed by atoms with Crippen LogP contribution in [0.5, 0.6) is 0 Å². The number of carbonyl (C=O) groups is 1. The second-order valence-corrected chi connectivity index (χ2v) is 5.00. The smallest absolute Gasteiger partial charge is 0.256 e. The molecule has 1 rings (SSSR count). The first-order valence-electron chi connectivity index (χ1n) is 5.55. The third-order valence-electron chi connectivity index (χ3n) is 2.83. The second-order valence-electron chi connectivity index (χ2n) is 4.56. The Labute approximate surface area is 113 Å². The molecule has 0 atom stereocenters. The summed E-state index contributed by atoms with van der Waals surface area (Å²) < 4.78 is 5.13. The van der Waals surface area contributed by atoms with Gasteiger partial charge in [-0.15, -0.1) is 0 Å². The maximum absolute atomic E-state index is 12.0. The number of carbonyl (C=O) groups excluding carboxylic acids is 1. The maximum atomic E-state index is 12.0. The Bertz CT molecular complexity index is 484. The van der Waals surface area contributed by atoms with Crippen molar-refractivity contribution < 1.29 is 9.53 Å². The van der Waals surface area contributed by atoms with Gasteiger partial charge in [-0.1, -0.05) is 24.4 Å². The SMILES string of the molecule is COC(C)(C)C(=O)Nc1cc(C(N)=S)ccc1C. The van der Waals surface area contributed by atoms with Gasteiger partial charge in [0, 0.05) is 18.4 Å². The molecule has 3 N–H and O–H groups in total. The molecule has 0 radical (unpaired) electrons. The van der Waals surface area contributed by atoms with E-state index in [0.717, 1.165) is 11.1 Å². The minimum Gasteiger partial charge on any atom is -0.389 e. The van der Waals surface area contributed by atoms with Crippen molar-refractivity contribution in [2.24, 2.45) is 5.73 Å². The van der Waals surface area contributed by atoms with Gasteiger partial charge in [0.15, 0.2) is 0 Å². The molecule has 0 aromatic heterocycles. The zero-order chi connectivity index (χ0) is 13.9. The summed E-state index contributed by atoms with van der Waals surface area (Å²) in [5.74, 6) is -0.215. The molecular weight excluding hydrogens is 248 g/mol. The van der Waals surface area contributed by atoms with Crippen LogP contribution in [0.1, 0.15) is 25.0 Å². The number of thiocarbonyl (C=S) groups is 1. The monoisotopic (exact) mass is 266 g/mol. The van der Waals surface area contributed by atoms with Gasteiger partial charge in [0.1, 0.15) is 10.6 Å². The highest BCUT2D eigenvalue weighted by Gasteiger charge is 2.27. The van der Waals surface area contributed by atoms with Crippen molar-refractivity contribution in [1.82, 2.24) is 0 Å². The van der Waals surface area contributed by atoms with E-state index >= 15 is 0 Å². The summed E-state index contributed by atoms with van der Waals surface area (Å²) in [7, 11) is 1.50. The van der Waals surface area contributed by atoms with Crippen LogP contribution >= 0.6 is 12.2 Å². The van der Waals surface area contributed by atoms with Crippen molar-refractivity contribution in [1.29, 1.82) is 0 Å². The first-order chi connectivity index (χ1) is 8.27. The van der Waals surface area contributed by atoms with E-state index in [1.54, 1.807) is 19.9 Å². The predicted molar refractivity (Wildman–Crippen MR) is 76.8 cm³/mol. The summed E-state index contributed by atoms with van der Waals surface area (Å²) in [6, 6.07) is 5.46. The van der Waals surface area contributed by atoms with Crippen molar-refractivity contribution in [2.45, 2.75) is 26.4 Å². The van der Waals surface area contributed by atoms with E-state index in [1.807, 2.05) is 19.1 Å². The Hall–Kier alpha value is -1.46. The van der Waals surface area contributed by atoms with Gasteiger partial charge < -0.3 is 15.8 Å². The lowest BCUT2D eigenvalue weighted by Gasteiger charge is -2.22. The Kier molecular flexibility index (Phi) is 4.43. The van der Waals surface area contributed by atoms with Crippen molar-refractivity contribution in [3.63, 3.8) is 0 Å². The van der Waals surface area contributed by atoms with E-state index in [1.165, 1.54) is 7.11 Å². The van der Waals surface area contributed by atoms with Gasteiger partial charge in [0.2, 0.25) is 0 Å². The number of nitrogens with two attached hydrogens (primary N) is 1. The zero-order valence-electron chi connectivity index (χ0n) is 11.0. The van der Waals surface area contributed by atoms with Gasteiger partial charge in [-0.25, -0.2) is 0 Å². The van der Waals surface area contributed by atoms with Gasteiger partial charge in [-0.2, -0.15) is 0 Å². The van der Waals surface area contributed by atoms with Gasteiger partial charge >= 0.3 is 0 Å². The Morgan fingerprint density at radius 3 is 2.56 bits per heavy atom. The molecule has 0 saturated carbocycles. The van der Waals surface area contributed by atoms with Crippen LogP contribution in [-0.2, 0) is 9.53 Å². The number of anilines is 1. The van der Waals surface area contributed by atoms with Crippen LogP contribution in [0.15, 0.2) is 18.2 Å². The Morgan fingerprint density at radius 2 is 2.06 bits per heavy atom. The average molecular weight is 266 g/mol. The van der Waals surface area contributed by atoms with Crippen molar-refractivity contribution in [2.75, 3.05) is 12.4 Å². The molecule has 0 saturated heterocycles. The van der Waals surface area contributed by atoms with Crippen LogP contribution in [0.2, 0.25) is 0 Å². The highest BCUT2D eigenvalue weighted by molar-refractivity contribution is 7.80. The second kappa shape index (κ2) is 5.46. The van der Waals surface area contributed by atoms with Gasteiger partial charge in [-0.05, 0) is 32.4 Å². The lowest BCUT2D eigenvalue weighted by molar-refractivity contribution is -0.133. The fraction of sp³-hybridized carbons (Fsp3) is 0.385. The summed E-state index contributed by atoms with van der Waals surface area (Å²) in [5, 5.41) is 2.82. The number of nitrogens with one attached hydrogen (secondary N) is 1. The van der Waals surface area contributed by atoms with Crippen molar-refractivity contribution in [3.8, 4) is 0 Å². The van der Waals surface area contributed by atoms with E-state index in [-0.39, 0.29) is 5.91 Å². The molecule has 4 nitrogen and oxygen atoms in total. The van der Waals surface area contributed by atoms with E-state index in [2.05, 4.69) is 5.32 Å². The molecule has 0 aliphatic heterocycles. The molecule has 0 aliphatic rings. The highest BCUT2D eigenvalue weighted by atomic mass is 32.1. The molecular formula is C13H18N2O2S. The largest absolute Gasteiger partial charge is 0.389 e. The molecule has 1 amide bonds. The third kappa shape index (κ3) is 3.27. The zero-order valence-corrected chi connectivity index (χ0v) is 11.9. The first kappa shape index (κ1) is 14.6. The number of hydrogen-bond acceptors (Lipinski definition) is 3. The summed E-state index contributed by atoms with van der Waals surface area (Å²) in [6.45, 7) is 5.31. The molecule has 5 heteroatoms. The number of ether oxygens (including phenoxy) is 1. The predicted octanol–water partition coefficient (Wildman–Crippen LogP) is 1.99. The molecule has 0 fully saturated rings.